The van der Waals surface area contributed by atoms with E-state index in [1.165, 1.54) is 23.3 Å². The van der Waals surface area contributed by atoms with Crippen LogP contribution in [-0.4, -0.2) is 12.2 Å². The molecule has 0 fully saturated rings. The number of isocyanates is 2. The molecule has 2 rings (SSSR count). The Morgan fingerprint density at radius 3 is 1.50 bits per heavy atom. The smallest absolute Gasteiger partial charge is 0.210 e. The zero-order valence-corrected chi connectivity index (χ0v) is 11.4. The van der Waals surface area contributed by atoms with E-state index in [-0.39, 0.29) is 0 Å². The maximum absolute atomic E-state index is 9.18. The number of hydrogen-bond acceptors (Lipinski definition) is 5. The molecule has 0 atom stereocenters. The van der Waals surface area contributed by atoms with Crippen LogP contribution in [0, 0.1) is 0 Å². The van der Waals surface area contributed by atoms with Gasteiger partial charge in [0.05, 0.1) is 0 Å². The minimum Gasteiger partial charge on any atom is -0.210 e. The summed E-state index contributed by atoms with van der Waals surface area (Å²) in [5.74, 6) is 0. The Hall–Kier alpha value is -2.45. The second-order valence-electron chi connectivity index (χ2n) is 3.59. The van der Waals surface area contributed by atoms with Gasteiger partial charge >= 0.3 is 0 Å². The number of nitrogens with zero attached hydrogens (tertiary/aromatic N) is 2. The van der Waals surface area contributed by atoms with Gasteiger partial charge in [0.1, 0.15) is 12.1 Å². The zero-order chi connectivity index (χ0) is 14.5. The highest BCUT2D eigenvalue weighted by Gasteiger charge is 1.92. The van der Waals surface area contributed by atoms with Gasteiger partial charge in [0, 0.05) is 0 Å². The van der Waals surface area contributed by atoms with Crippen molar-refractivity contribution in [2.45, 2.75) is 6.42 Å². The van der Waals surface area contributed by atoms with E-state index < -0.39 is 0 Å². The monoisotopic (exact) mass is 284 g/mol. The first-order valence-corrected chi connectivity index (χ1v) is 6.48. The van der Waals surface area contributed by atoms with Gasteiger partial charge in [-0.15, -0.1) is 8.80 Å². The van der Waals surface area contributed by atoms with Crippen LogP contribution in [-0.2, 0) is 16.0 Å². The van der Waals surface area contributed by atoms with Crippen LogP contribution in [0.1, 0.15) is 11.1 Å². The number of rotatable bonds is 4. The van der Waals surface area contributed by atoms with Gasteiger partial charge in [-0.05, 0) is 17.5 Å². The molecule has 0 aliphatic rings. The lowest BCUT2D eigenvalue weighted by Gasteiger charge is -2.00. The van der Waals surface area contributed by atoms with E-state index >= 15 is 0 Å². The molecule has 4 nitrogen and oxygen atoms in total. The first-order chi connectivity index (χ1) is 9.86. The van der Waals surface area contributed by atoms with Crippen LogP contribution in [0.5, 0.6) is 0 Å². The fraction of sp³-hybridized carbons (Fsp3) is 0.0667. The summed E-state index contributed by atoms with van der Waals surface area (Å²) < 4.78 is 5.69. The lowest BCUT2D eigenvalue weighted by Crippen LogP contribution is -1.85. The van der Waals surface area contributed by atoms with Crippen molar-refractivity contribution in [3.63, 3.8) is 0 Å². The normalized spacial score (nSPS) is 8.40. The summed E-state index contributed by atoms with van der Waals surface area (Å²) in [7, 11) is 0. The predicted molar refractivity (Wildman–Crippen MR) is 79.5 cm³/mol. The highest BCUT2D eigenvalue weighted by Crippen LogP contribution is 2.07. The van der Waals surface area contributed by atoms with Crippen molar-refractivity contribution in [2.24, 2.45) is 8.80 Å². The summed E-state index contributed by atoms with van der Waals surface area (Å²) in [5.41, 5.74) is 2.74. The molecule has 100 valence electrons. The van der Waals surface area contributed by atoms with E-state index in [1.54, 1.807) is 0 Å². The highest BCUT2D eigenvalue weighted by molar-refractivity contribution is 7.96. The van der Waals surface area contributed by atoms with Gasteiger partial charge < -0.3 is 0 Å². The van der Waals surface area contributed by atoms with Gasteiger partial charge in [-0.2, -0.15) is 0 Å². The zero-order valence-electron chi connectivity index (χ0n) is 10.6. The molecular weight excluding hydrogens is 272 g/mol. The van der Waals surface area contributed by atoms with Crippen LogP contribution in [0.25, 0.3) is 0 Å². The lowest BCUT2D eigenvalue weighted by molar-refractivity contribution is 0.566. The van der Waals surface area contributed by atoms with Crippen molar-refractivity contribution in [3.8, 4) is 0 Å². The van der Waals surface area contributed by atoms with Gasteiger partial charge in [0.2, 0.25) is 12.2 Å². The Balaban J connectivity index is 0.000000246. The van der Waals surface area contributed by atoms with Gasteiger partial charge in [-0.3, -0.25) is 0 Å². The van der Waals surface area contributed by atoms with E-state index in [2.05, 4.69) is 69.5 Å². The molecule has 2 aromatic carbocycles. The van der Waals surface area contributed by atoms with Crippen LogP contribution in [0.4, 0.5) is 0 Å². The van der Waals surface area contributed by atoms with Crippen molar-refractivity contribution in [1.29, 1.82) is 0 Å². The Morgan fingerprint density at radius 1 is 0.750 bits per heavy atom. The van der Waals surface area contributed by atoms with E-state index in [4.69, 9.17) is 0 Å². The molecule has 0 unspecified atom stereocenters. The van der Waals surface area contributed by atoms with Crippen molar-refractivity contribution >= 4 is 24.3 Å². The lowest BCUT2D eigenvalue weighted by atomic mass is 10.1. The molecule has 0 amide bonds. The number of benzene rings is 2. The van der Waals surface area contributed by atoms with Gasteiger partial charge in [0.15, 0.2) is 0 Å². The molecular formula is C15H12N2O2S. The maximum atomic E-state index is 9.18. The van der Waals surface area contributed by atoms with Crippen LogP contribution in [0.15, 0.2) is 69.5 Å². The fourth-order valence-corrected chi connectivity index (χ4v) is 1.59. The standard InChI is InChI=1S/C13H12.C2N2O2S/c1-3-7-12(8-4-1)11-13-9-5-2-6-10-13;5-1-3-7-4-2-6/h1-10H,11H2;. The second kappa shape index (κ2) is 10.5. The molecule has 0 spiro atoms. The van der Waals surface area contributed by atoms with Crippen molar-refractivity contribution in [3.05, 3.63) is 71.8 Å². The molecule has 5 heteroatoms. The third-order valence-corrected chi connectivity index (χ3v) is 2.56. The van der Waals surface area contributed by atoms with Crippen molar-refractivity contribution < 1.29 is 9.59 Å². The highest BCUT2D eigenvalue weighted by atomic mass is 32.2. The number of hydrogen-bond donors (Lipinski definition) is 0. The molecule has 0 aliphatic carbocycles. The van der Waals surface area contributed by atoms with Crippen LogP contribution >= 0.6 is 12.1 Å². The Labute approximate surface area is 121 Å². The van der Waals surface area contributed by atoms with Crippen LogP contribution in [0.2, 0.25) is 0 Å². The molecule has 0 aromatic heterocycles. The van der Waals surface area contributed by atoms with Gasteiger partial charge in [-0.25, -0.2) is 9.59 Å². The van der Waals surface area contributed by atoms with E-state index in [0.717, 1.165) is 6.42 Å². The molecule has 0 bridgehead atoms. The fourth-order valence-electron chi connectivity index (χ4n) is 1.48. The molecule has 0 radical (unpaired) electrons. The minimum atomic E-state index is 0.456. The topological polar surface area (TPSA) is 58.9 Å². The van der Waals surface area contributed by atoms with Gasteiger partial charge in [-0.1, -0.05) is 60.7 Å². The molecule has 0 saturated heterocycles. The largest absolute Gasteiger partial charge is 0.249 e. The van der Waals surface area contributed by atoms with E-state index in [9.17, 15) is 9.59 Å². The average Bonchev–Trinajstić information content (AvgIpc) is 2.51. The Kier molecular flexibility index (Phi) is 8.17. The summed E-state index contributed by atoms with van der Waals surface area (Å²) in [5, 5.41) is 0. The maximum Gasteiger partial charge on any atom is 0.249 e. The van der Waals surface area contributed by atoms with Crippen LogP contribution in [0.3, 0.4) is 0 Å². The third-order valence-electron chi connectivity index (χ3n) is 2.25. The first-order valence-electron chi connectivity index (χ1n) is 5.75. The quantitative estimate of drug-likeness (QED) is 0.490. The first kappa shape index (κ1) is 15.6. The Bertz CT molecular complexity index is 536. The summed E-state index contributed by atoms with van der Waals surface area (Å²) in [4.78, 5) is 18.4. The SMILES string of the molecule is O=C=NSN=C=O.c1ccc(Cc2ccccc2)cc1. The predicted octanol–water partition coefficient (Wildman–Crippen LogP) is 3.50. The van der Waals surface area contributed by atoms with Crippen molar-refractivity contribution in [2.75, 3.05) is 0 Å². The molecule has 0 aliphatic heterocycles. The van der Waals surface area contributed by atoms with Crippen LogP contribution < -0.4 is 0 Å². The van der Waals surface area contributed by atoms with Crippen molar-refractivity contribution in [1.82, 2.24) is 0 Å². The van der Waals surface area contributed by atoms with Gasteiger partial charge in [0.25, 0.3) is 0 Å². The molecule has 0 saturated carbocycles. The third kappa shape index (κ3) is 7.09. The average molecular weight is 284 g/mol. The summed E-state index contributed by atoms with van der Waals surface area (Å²) in [6.45, 7) is 0. The molecule has 0 N–H and O–H groups in total. The Morgan fingerprint density at radius 2 is 1.15 bits per heavy atom. The minimum absolute atomic E-state index is 0.456. The molecule has 2 aromatic rings. The summed E-state index contributed by atoms with van der Waals surface area (Å²) in [6.07, 6.45) is 3.37. The summed E-state index contributed by atoms with van der Waals surface area (Å²) >= 11 is 0.456. The summed E-state index contributed by atoms with van der Waals surface area (Å²) in [6, 6.07) is 21.1. The number of carbonyl (C=O) groups excluding carboxylic acids is 2. The molecule has 0 heterocycles. The van der Waals surface area contributed by atoms with E-state index in [1.807, 2.05) is 0 Å². The molecule has 20 heavy (non-hydrogen) atoms. The second-order valence-corrected chi connectivity index (χ2v) is 4.12. The van der Waals surface area contributed by atoms with E-state index in [0.29, 0.717) is 12.1 Å².